The van der Waals surface area contributed by atoms with Crippen LogP contribution in [0.15, 0.2) is 18.2 Å². The molecule has 0 atom stereocenters. The number of ether oxygens (including phenoxy) is 1. The molecule has 6 nitrogen and oxygen atoms in total. The van der Waals surface area contributed by atoms with Crippen LogP contribution in [0.3, 0.4) is 0 Å². The number of nitrogens with zero attached hydrogens (tertiary/aromatic N) is 1. The number of Topliss-reactive ketones (excluding diaryl/α,β-unsaturated/α-hetero) is 1. The number of ketones is 1. The number of carbonyl (C=O) groups is 3. The van der Waals surface area contributed by atoms with Gasteiger partial charge in [-0.15, -0.1) is 0 Å². The van der Waals surface area contributed by atoms with Crippen LogP contribution in [0.2, 0.25) is 0 Å². The van der Waals surface area contributed by atoms with Gasteiger partial charge in [-0.05, 0) is 75.3 Å². The Hall–Kier alpha value is -2.96. The predicted octanol–water partition coefficient (Wildman–Crippen LogP) is 3.73. The molecule has 1 amide bonds. The molecule has 0 unspecified atom stereocenters. The van der Waals surface area contributed by atoms with Gasteiger partial charge in [-0.25, -0.2) is 9.18 Å². The lowest BCUT2D eigenvalue weighted by Crippen LogP contribution is -2.21. The Labute approximate surface area is 169 Å². The normalized spacial score (nSPS) is 13.3. The van der Waals surface area contributed by atoms with Crippen LogP contribution in [-0.2, 0) is 23.0 Å². The third-order valence-electron chi connectivity index (χ3n) is 5.26. The van der Waals surface area contributed by atoms with E-state index in [-0.39, 0.29) is 24.0 Å². The van der Waals surface area contributed by atoms with Gasteiger partial charge in [0.1, 0.15) is 11.5 Å². The maximum atomic E-state index is 13.5. The van der Waals surface area contributed by atoms with Crippen LogP contribution in [0, 0.1) is 25.6 Å². The zero-order chi connectivity index (χ0) is 21.3. The number of rotatable bonds is 7. The molecule has 0 aliphatic heterocycles. The molecule has 1 N–H and O–H groups in total. The van der Waals surface area contributed by atoms with Crippen LogP contribution in [0.5, 0.6) is 0 Å². The zero-order valence-electron chi connectivity index (χ0n) is 17.1. The molecular weight excluding hydrogens is 375 g/mol. The van der Waals surface area contributed by atoms with Gasteiger partial charge in [-0.1, -0.05) is 0 Å². The minimum absolute atomic E-state index is 0.0975. The highest BCUT2D eigenvalue weighted by molar-refractivity contribution is 6.40. The Morgan fingerprint density at radius 2 is 1.93 bits per heavy atom. The quantitative estimate of drug-likeness (QED) is 0.436. The van der Waals surface area contributed by atoms with Gasteiger partial charge in [-0.2, -0.15) is 0 Å². The van der Waals surface area contributed by atoms with E-state index < -0.39 is 11.8 Å². The monoisotopic (exact) mass is 400 g/mol. The molecule has 1 aliphatic carbocycles. The van der Waals surface area contributed by atoms with Crippen LogP contribution in [0.4, 0.5) is 10.1 Å². The fourth-order valence-electron chi connectivity index (χ4n) is 3.56. The number of carbonyl (C=O) groups excluding carboxylic acids is 3. The van der Waals surface area contributed by atoms with Crippen LogP contribution >= 0.6 is 0 Å². The van der Waals surface area contributed by atoms with Crippen molar-refractivity contribution in [3.8, 4) is 0 Å². The molecular formula is C22H25FN2O4. The zero-order valence-corrected chi connectivity index (χ0v) is 17.1. The summed E-state index contributed by atoms with van der Waals surface area (Å²) < 4.78 is 20.0. The predicted molar refractivity (Wildman–Crippen MR) is 107 cm³/mol. The average Bonchev–Trinajstić information content (AvgIpc) is 3.44. The first-order valence-corrected chi connectivity index (χ1v) is 9.71. The van der Waals surface area contributed by atoms with E-state index in [9.17, 15) is 18.8 Å². The number of benzene rings is 1. The van der Waals surface area contributed by atoms with Crippen molar-refractivity contribution in [2.45, 2.75) is 40.0 Å². The van der Waals surface area contributed by atoms with Gasteiger partial charge in [0, 0.05) is 18.4 Å². The van der Waals surface area contributed by atoms with Crippen molar-refractivity contribution >= 4 is 23.3 Å². The van der Waals surface area contributed by atoms with Gasteiger partial charge in [-0.3, -0.25) is 9.59 Å². The molecule has 29 heavy (non-hydrogen) atoms. The Morgan fingerprint density at radius 1 is 1.24 bits per heavy atom. The Morgan fingerprint density at radius 3 is 2.52 bits per heavy atom. The lowest BCUT2D eigenvalue weighted by Gasteiger charge is -2.10. The van der Waals surface area contributed by atoms with Gasteiger partial charge in [0.25, 0.3) is 11.7 Å². The minimum Gasteiger partial charge on any atom is -0.460 e. The van der Waals surface area contributed by atoms with E-state index in [0.29, 0.717) is 40.4 Å². The summed E-state index contributed by atoms with van der Waals surface area (Å²) in [5.74, 6) is -1.97. The smallest absolute Gasteiger partial charge is 0.381 e. The molecule has 7 heteroatoms. The average molecular weight is 400 g/mol. The maximum absolute atomic E-state index is 13.5. The fraction of sp³-hybridized carbons (Fsp3) is 0.409. The Balaban J connectivity index is 2.00. The minimum atomic E-state index is -0.935. The molecule has 3 rings (SSSR count). The molecule has 154 valence electrons. The van der Waals surface area contributed by atoms with Gasteiger partial charge in [0.2, 0.25) is 0 Å². The van der Waals surface area contributed by atoms with Crippen LogP contribution < -0.4 is 5.32 Å². The Bertz CT molecular complexity index is 989. The summed E-state index contributed by atoms with van der Waals surface area (Å²) in [5.41, 5.74) is 2.59. The summed E-state index contributed by atoms with van der Waals surface area (Å²) in [7, 11) is 1.69. The lowest BCUT2D eigenvalue weighted by molar-refractivity contribution is -0.137. The number of aryl methyl sites for hydroxylation is 1. The highest BCUT2D eigenvalue weighted by atomic mass is 19.1. The number of aromatic nitrogens is 1. The standard InChI is InChI=1S/C22H25FN2O4/c1-5-29-22(28)20(26)19-13(3)18(17(25(19)4)11-14-6-7-14)21(27)24-15-8-9-16(23)12(2)10-15/h8-10,14H,5-7,11H2,1-4H3,(H,24,27). The van der Waals surface area contributed by atoms with E-state index >= 15 is 0 Å². The van der Waals surface area contributed by atoms with Crippen molar-refractivity contribution in [1.82, 2.24) is 4.57 Å². The van der Waals surface area contributed by atoms with Crippen molar-refractivity contribution in [3.63, 3.8) is 0 Å². The van der Waals surface area contributed by atoms with Gasteiger partial charge in [0.15, 0.2) is 0 Å². The number of hydrogen-bond donors (Lipinski definition) is 1. The third-order valence-corrected chi connectivity index (χ3v) is 5.26. The summed E-state index contributed by atoms with van der Waals surface area (Å²) in [6.07, 6.45) is 2.80. The first kappa shape index (κ1) is 20.8. The second-order valence-corrected chi connectivity index (χ2v) is 7.47. The summed E-state index contributed by atoms with van der Waals surface area (Å²) in [6.45, 7) is 5.01. The van der Waals surface area contributed by atoms with Crippen LogP contribution in [0.25, 0.3) is 0 Å². The van der Waals surface area contributed by atoms with Gasteiger partial charge < -0.3 is 14.6 Å². The first-order valence-electron chi connectivity index (χ1n) is 9.71. The molecule has 0 saturated heterocycles. The highest BCUT2D eigenvalue weighted by Crippen LogP contribution is 2.35. The first-order chi connectivity index (χ1) is 13.7. The van der Waals surface area contributed by atoms with Crippen molar-refractivity contribution in [2.75, 3.05) is 11.9 Å². The topological polar surface area (TPSA) is 77.4 Å². The number of halogens is 1. The van der Waals surface area contributed by atoms with E-state index in [2.05, 4.69) is 5.32 Å². The third kappa shape index (κ3) is 4.23. The van der Waals surface area contributed by atoms with Crippen molar-refractivity contribution in [3.05, 3.63) is 52.1 Å². The summed E-state index contributed by atoms with van der Waals surface area (Å²) in [5, 5.41) is 2.79. The summed E-state index contributed by atoms with van der Waals surface area (Å²) in [6, 6.07) is 4.34. The van der Waals surface area contributed by atoms with Crippen molar-refractivity contribution in [1.29, 1.82) is 0 Å². The lowest BCUT2D eigenvalue weighted by atomic mass is 10.0. The second-order valence-electron chi connectivity index (χ2n) is 7.47. The molecule has 1 fully saturated rings. The maximum Gasteiger partial charge on any atom is 0.381 e. The number of anilines is 1. The largest absolute Gasteiger partial charge is 0.460 e. The van der Waals surface area contributed by atoms with E-state index in [1.54, 1.807) is 38.5 Å². The van der Waals surface area contributed by atoms with Gasteiger partial charge in [0.05, 0.1) is 12.2 Å². The number of esters is 1. The van der Waals surface area contributed by atoms with Crippen LogP contribution in [0.1, 0.15) is 57.4 Å². The van der Waals surface area contributed by atoms with E-state index in [1.807, 2.05) is 0 Å². The highest BCUT2D eigenvalue weighted by Gasteiger charge is 2.33. The van der Waals surface area contributed by atoms with E-state index in [4.69, 9.17) is 4.74 Å². The molecule has 0 spiro atoms. The molecule has 1 aromatic carbocycles. The summed E-state index contributed by atoms with van der Waals surface area (Å²) in [4.78, 5) is 37.7. The number of amides is 1. The molecule has 2 aromatic rings. The van der Waals surface area contributed by atoms with E-state index in [0.717, 1.165) is 12.8 Å². The SMILES string of the molecule is CCOC(=O)C(=O)c1c(C)c(C(=O)Nc2ccc(F)c(C)c2)c(CC2CC2)n1C. The number of nitrogens with one attached hydrogen (secondary N) is 1. The Kier molecular flexibility index (Phi) is 5.86. The van der Waals surface area contributed by atoms with Crippen molar-refractivity contribution in [2.24, 2.45) is 13.0 Å². The molecule has 1 saturated carbocycles. The molecule has 1 aromatic heterocycles. The van der Waals surface area contributed by atoms with Crippen LogP contribution in [-0.4, -0.2) is 28.8 Å². The molecule has 0 radical (unpaired) electrons. The number of hydrogen-bond acceptors (Lipinski definition) is 4. The molecule has 1 heterocycles. The molecule has 0 bridgehead atoms. The van der Waals surface area contributed by atoms with Crippen molar-refractivity contribution < 1.29 is 23.5 Å². The fourth-order valence-corrected chi connectivity index (χ4v) is 3.56. The summed E-state index contributed by atoms with van der Waals surface area (Å²) >= 11 is 0. The second kappa shape index (κ2) is 8.19. The van der Waals surface area contributed by atoms with E-state index in [1.165, 1.54) is 12.1 Å². The molecule has 1 aliphatic rings. The van der Waals surface area contributed by atoms with Gasteiger partial charge >= 0.3 is 5.97 Å².